The van der Waals surface area contributed by atoms with Gasteiger partial charge in [0.1, 0.15) is 17.6 Å². The predicted molar refractivity (Wildman–Crippen MR) is 123 cm³/mol. The third kappa shape index (κ3) is 3.94. The van der Waals surface area contributed by atoms with E-state index in [4.69, 9.17) is 16.3 Å². The number of ether oxygens (including phenoxy) is 1. The Morgan fingerprint density at radius 2 is 1.88 bits per heavy atom. The highest BCUT2D eigenvalue weighted by atomic mass is 35.5. The molecule has 0 saturated heterocycles. The normalized spacial score (nSPS) is 12.8. The zero-order valence-electron chi connectivity index (χ0n) is 17.2. The van der Waals surface area contributed by atoms with Crippen molar-refractivity contribution in [3.05, 3.63) is 87.0 Å². The molecule has 0 radical (unpaired) electrons. The number of hydrogen-bond donors (Lipinski definition) is 0. The second kappa shape index (κ2) is 8.69. The third-order valence-electron chi connectivity index (χ3n) is 5.35. The van der Waals surface area contributed by atoms with Gasteiger partial charge in [0.05, 0.1) is 16.3 Å². The van der Waals surface area contributed by atoms with Crippen LogP contribution in [0.4, 0.5) is 4.39 Å². The van der Waals surface area contributed by atoms with E-state index in [1.807, 2.05) is 0 Å². The first-order valence-corrected chi connectivity index (χ1v) is 12.4. The molecular formula is C23H19ClFNO4S2. The minimum absolute atomic E-state index is 0.131. The maximum atomic E-state index is 14.3. The van der Waals surface area contributed by atoms with Crippen LogP contribution >= 0.6 is 22.9 Å². The number of hydrogen-bond acceptors (Lipinski definition) is 5. The molecule has 32 heavy (non-hydrogen) atoms. The molecule has 0 aliphatic carbocycles. The number of sulfone groups is 1. The molecule has 5 nitrogen and oxygen atoms in total. The number of thiophene rings is 1. The third-order valence-corrected chi connectivity index (χ3v) is 8.83. The van der Waals surface area contributed by atoms with E-state index in [-0.39, 0.29) is 11.4 Å². The number of halogens is 2. The van der Waals surface area contributed by atoms with Crippen molar-refractivity contribution in [2.45, 2.75) is 23.6 Å². The van der Waals surface area contributed by atoms with Crippen LogP contribution in [-0.4, -0.2) is 26.1 Å². The Morgan fingerprint density at radius 1 is 1.16 bits per heavy atom. The van der Waals surface area contributed by atoms with Gasteiger partial charge in [-0.05, 0) is 49.4 Å². The van der Waals surface area contributed by atoms with Crippen molar-refractivity contribution in [3.63, 3.8) is 0 Å². The van der Waals surface area contributed by atoms with Crippen LogP contribution in [0.1, 0.15) is 21.4 Å². The van der Waals surface area contributed by atoms with E-state index in [1.165, 1.54) is 37.4 Å². The Balaban J connectivity index is 2.06. The summed E-state index contributed by atoms with van der Waals surface area (Å²) < 4.78 is 49.0. The van der Waals surface area contributed by atoms with E-state index < -0.39 is 26.9 Å². The van der Waals surface area contributed by atoms with Crippen molar-refractivity contribution in [1.82, 2.24) is 4.57 Å². The Kier molecular flexibility index (Phi) is 6.11. The Morgan fingerprint density at radius 3 is 2.50 bits per heavy atom. The van der Waals surface area contributed by atoms with Gasteiger partial charge in [0.25, 0.3) is 0 Å². The number of rotatable bonds is 6. The van der Waals surface area contributed by atoms with Crippen molar-refractivity contribution >= 4 is 49.6 Å². The summed E-state index contributed by atoms with van der Waals surface area (Å²) in [6, 6.07) is 15.5. The first-order valence-electron chi connectivity index (χ1n) is 9.63. The smallest absolute Gasteiger partial charge is 0.325 e. The fourth-order valence-electron chi connectivity index (χ4n) is 3.87. The first-order chi connectivity index (χ1) is 15.2. The molecule has 0 aliphatic rings. The fraction of sp³-hybridized carbons (Fsp3) is 0.174. The van der Waals surface area contributed by atoms with Crippen LogP contribution in [0.5, 0.6) is 0 Å². The second-order valence-corrected chi connectivity index (χ2v) is 11.0. The molecule has 166 valence electrons. The van der Waals surface area contributed by atoms with E-state index in [9.17, 15) is 17.6 Å². The zero-order valence-corrected chi connectivity index (χ0v) is 19.6. The van der Waals surface area contributed by atoms with E-state index >= 15 is 0 Å². The van der Waals surface area contributed by atoms with Crippen molar-refractivity contribution in [2.24, 2.45) is 0 Å². The summed E-state index contributed by atoms with van der Waals surface area (Å²) in [5, 5.41) is -0.717. The maximum absolute atomic E-state index is 14.3. The highest BCUT2D eigenvalue weighted by Gasteiger charge is 2.36. The maximum Gasteiger partial charge on any atom is 0.325 e. The molecule has 0 amide bonds. The van der Waals surface area contributed by atoms with Crippen LogP contribution in [-0.2, 0) is 25.9 Å². The molecule has 2 aromatic carbocycles. The van der Waals surface area contributed by atoms with E-state index in [0.29, 0.717) is 31.4 Å². The lowest BCUT2D eigenvalue weighted by Gasteiger charge is -2.18. The van der Waals surface area contributed by atoms with Gasteiger partial charge in [-0.15, -0.1) is 11.3 Å². The zero-order chi connectivity index (χ0) is 23.0. The molecule has 1 atom stereocenters. The van der Waals surface area contributed by atoms with Crippen LogP contribution in [0.25, 0.3) is 10.9 Å². The number of aromatic nitrogens is 1. The van der Waals surface area contributed by atoms with Crippen LogP contribution in [0.3, 0.4) is 0 Å². The minimum Gasteiger partial charge on any atom is -0.468 e. The lowest BCUT2D eigenvalue weighted by atomic mass is 10.1. The van der Waals surface area contributed by atoms with Gasteiger partial charge in [0.15, 0.2) is 9.84 Å². The molecule has 2 heterocycles. The molecule has 0 spiro atoms. The Bertz CT molecular complexity index is 1410. The van der Waals surface area contributed by atoms with Gasteiger partial charge in [-0.2, -0.15) is 0 Å². The van der Waals surface area contributed by atoms with Crippen LogP contribution < -0.4 is 0 Å². The molecule has 4 aromatic rings. The van der Waals surface area contributed by atoms with Crippen LogP contribution in [0, 0.1) is 12.7 Å². The summed E-state index contributed by atoms with van der Waals surface area (Å²) in [5.41, 5.74) is 1.48. The lowest BCUT2D eigenvalue weighted by Crippen LogP contribution is -2.17. The summed E-state index contributed by atoms with van der Waals surface area (Å²) in [7, 11) is -2.66. The van der Waals surface area contributed by atoms with Gasteiger partial charge in [-0.1, -0.05) is 29.8 Å². The average Bonchev–Trinajstić information content (AvgIpc) is 3.31. The summed E-state index contributed by atoms with van der Waals surface area (Å²) in [6.45, 7) is 1.59. The molecule has 0 saturated carbocycles. The molecule has 1 unspecified atom stereocenters. The Labute approximate surface area is 193 Å². The largest absolute Gasteiger partial charge is 0.468 e. The van der Waals surface area contributed by atoms with Gasteiger partial charge >= 0.3 is 5.97 Å². The number of carbonyl (C=O) groups excluding carboxylic acids is 1. The number of nitrogens with zero attached hydrogens (tertiary/aromatic N) is 1. The van der Waals surface area contributed by atoms with Gasteiger partial charge in [-0.3, -0.25) is 4.79 Å². The topological polar surface area (TPSA) is 65.4 Å². The molecule has 0 fully saturated rings. The molecular weight excluding hydrogens is 473 g/mol. The standard InChI is InChI=1S/C23H19ClFNO4S2/c1-14-22(17-12-15(25)8-9-18(17)26(14)13-21(27)30-2)23(19-10-11-20(24)31-19)32(28,29)16-6-4-3-5-7-16/h3-12,23H,13H2,1-2H3. The molecule has 2 aromatic heterocycles. The monoisotopic (exact) mass is 491 g/mol. The van der Waals surface area contributed by atoms with Crippen LogP contribution in [0.2, 0.25) is 4.34 Å². The first kappa shape index (κ1) is 22.5. The van der Waals surface area contributed by atoms with E-state index in [1.54, 1.807) is 41.8 Å². The summed E-state index contributed by atoms with van der Waals surface area (Å²) >= 11 is 7.31. The summed E-state index contributed by atoms with van der Waals surface area (Å²) in [6.07, 6.45) is 0. The number of esters is 1. The molecule has 0 aliphatic heterocycles. The molecule has 4 rings (SSSR count). The fourth-order valence-corrected chi connectivity index (χ4v) is 7.25. The van der Waals surface area contributed by atoms with Gasteiger partial charge in [-0.25, -0.2) is 12.8 Å². The molecule has 0 N–H and O–H groups in total. The molecule has 0 bridgehead atoms. The van der Waals surface area contributed by atoms with Gasteiger partial charge in [0.2, 0.25) is 0 Å². The van der Waals surface area contributed by atoms with Gasteiger partial charge in [0, 0.05) is 27.0 Å². The van der Waals surface area contributed by atoms with Crippen molar-refractivity contribution < 1.29 is 22.3 Å². The van der Waals surface area contributed by atoms with E-state index in [2.05, 4.69) is 0 Å². The highest BCUT2D eigenvalue weighted by molar-refractivity contribution is 7.92. The minimum atomic E-state index is -3.94. The van der Waals surface area contributed by atoms with Crippen molar-refractivity contribution in [2.75, 3.05) is 7.11 Å². The quantitative estimate of drug-likeness (QED) is 0.332. The average molecular weight is 492 g/mol. The number of methoxy groups -OCH3 is 1. The SMILES string of the molecule is COC(=O)Cn1c(C)c(C(c2ccc(Cl)s2)S(=O)(=O)c2ccccc2)c2cc(F)ccc21. The predicted octanol–water partition coefficient (Wildman–Crippen LogP) is 5.54. The number of carbonyl (C=O) groups is 1. The highest BCUT2D eigenvalue weighted by Crippen LogP contribution is 2.44. The van der Waals surface area contributed by atoms with Gasteiger partial charge < -0.3 is 9.30 Å². The second-order valence-electron chi connectivity index (χ2n) is 7.20. The Hall–Kier alpha value is -2.68. The van der Waals surface area contributed by atoms with Crippen LogP contribution in [0.15, 0.2) is 65.6 Å². The summed E-state index contributed by atoms with van der Waals surface area (Å²) in [5.74, 6) is -1.00. The van der Waals surface area contributed by atoms with Crippen molar-refractivity contribution in [3.8, 4) is 0 Å². The van der Waals surface area contributed by atoms with Crippen molar-refractivity contribution in [1.29, 1.82) is 0 Å². The summed E-state index contributed by atoms with van der Waals surface area (Å²) in [4.78, 5) is 12.7. The number of fused-ring (bicyclic) bond motifs is 1. The van der Waals surface area contributed by atoms with E-state index in [0.717, 1.165) is 11.3 Å². The molecule has 9 heteroatoms. The number of benzene rings is 2. The lowest BCUT2D eigenvalue weighted by molar-refractivity contribution is -0.141.